The Kier molecular flexibility index (Phi) is 4.27. The number of rotatable bonds is 3. The van der Waals surface area contributed by atoms with Crippen LogP contribution in [-0.4, -0.2) is 5.11 Å². The van der Waals surface area contributed by atoms with Gasteiger partial charge in [-0.3, -0.25) is 0 Å². The van der Waals surface area contributed by atoms with Crippen molar-refractivity contribution in [2.75, 3.05) is 0 Å². The molecule has 100 valence electrons. The quantitative estimate of drug-likeness (QED) is 0.870. The minimum Gasteiger partial charge on any atom is -0.457 e. The van der Waals surface area contributed by atoms with Crippen LogP contribution in [0.5, 0.6) is 11.5 Å². The first-order valence-electron chi connectivity index (χ1n) is 6.20. The third-order valence-corrected chi connectivity index (χ3v) is 3.68. The Morgan fingerprint density at radius 3 is 2.47 bits per heavy atom. The predicted molar refractivity (Wildman–Crippen MR) is 80.8 cm³/mol. The van der Waals surface area contributed by atoms with Gasteiger partial charge in [0.2, 0.25) is 0 Å². The lowest BCUT2D eigenvalue weighted by molar-refractivity contribution is 0.198. The first-order valence-corrected chi connectivity index (χ1v) is 6.99. The van der Waals surface area contributed by atoms with E-state index in [1.807, 2.05) is 44.2 Å². The highest BCUT2D eigenvalue weighted by Gasteiger charge is 2.08. The zero-order chi connectivity index (χ0) is 14.0. The molecule has 19 heavy (non-hydrogen) atoms. The second-order valence-electron chi connectivity index (χ2n) is 4.73. The van der Waals surface area contributed by atoms with E-state index >= 15 is 0 Å². The number of hydrogen-bond acceptors (Lipinski definition) is 2. The molecule has 1 unspecified atom stereocenters. The van der Waals surface area contributed by atoms with Gasteiger partial charge in [0.15, 0.2) is 0 Å². The van der Waals surface area contributed by atoms with Gasteiger partial charge in [0.25, 0.3) is 0 Å². The first-order chi connectivity index (χ1) is 8.97. The molecule has 0 aliphatic heterocycles. The molecule has 1 atom stereocenters. The van der Waals surface area contributed by atoms with E-state index in [2.05, 4.69) is 22.0 Å². The lowest BCUT2D eigenvalue weighted by Gasteiger charge is -2.12. The third-order valence-electron chi connectivity index (χ3n) is 2.99. The molecule has 1 N–H and O–H groups in total. The summed E-state index contributed by atoms with van der Waals surface area (Å²) >= 11 is 3.45. The van der Waals surface area contributed by atoms with Gasteiger partial charge < -0.3 is 9.84 Å². The van der Waals surface area contributed by atoms with Crippen molar-refractivity contribution in [3.8, 4) is 11.5 Å². The Balaban J connectivity index is 2.29. The minimum absolute atomic E-state index is 0.496. The van der Waals surface area contributed by atoms with Crippen molar-refractivity contribution >= 4 is 15.9 Å². The molecular formula is C16H17BrO2. The molecular weight excluding hydrogens is 304 g/mol. The Morgan fingerprint density at radius 1 is 1.11 bits per heavy atom. The summed E-state index contributed by atoms with van der Waals surface area (Å²) in [6.07, 6.45) is -0.496. The van der Waals surface area contributed by atoms with E-state index in [-0.39, 0.29) is 0 Å². The first kappa shape index (κ1) is 14.1. The summed E-state index contributed by atoms with van der Waals surface area (Å²) in [6, 6.07) is 11.7. The van der Waals surface area contributed by atoms with Crippen molar-refractivity contribution in [2.45, 2.75) is 26.9 Å². The topological polar surface area (TPSA) is 29.5 Å². The van der Waals surface area contributed by atoms with Crippen molar-refractivity contribution < 1.29 is 9.84 Å². The molecule has 0 saturated carbocycles. The van der Waals surface area contributed by atoms with E-state index in [1.54, 1.807) is 6.92 Å². The molecule has 0 aliphatic rings. The van der Waals surface area contributed by atoms with Crippen molar-refractivity contribution in [2.24, 2.45) is 0 Å². The zero-order valence-corrected chi connectivity index (χ0v) is 12.9. The van der Waals surface area contributed by atoms with E-state index in [0.29, 0.717) is 0 Å². The molecule has 0 spiro atoms. The highest BCUT2D eigenvalue weighted by atomic mass is 79.9. The van der Waals surface area contributed by atoms with E-state index in [0.717, 1.165) is 27.1 Å². The monoisotopic (exact) mass is 320 g/mol. The Labute approximate surface area is 122 Å². The molecule has 0 amide bonds. The van der Waals surface area contributed by atoms with Gasteiger partial charge in [0.1, 0.15) is 11.5 Å². The number of benzene rings is 2. The molecule has 2 rings (SSSR count). The molecule has 2 aromatic carbocycles. The molecule has 2 nitrogen and oxygen atoms in total. The Bertz CT molecular complexity index is 591. The highest BCUT2D eigenvalue weighted by molar-refractivity contribution is 9.10. The maximum atomic E-state index is 9.59. The van der Waals surface area contributed by atoms with E-state index in [4.69, 9.17) is 4.74 Å². The Morgan fingerprint density at radius 2 is 1.84 bits per heavy atom. The van der Waals surface area contributed by atoms with Crippen molar-refractivity contribution in [3.05, 3.63) is 57.6 Å². The number of aliphatic hydroxyl groups is 1. The maximum Gasteiger partial charge on any atom is 0.130 e. The van der Waals surface area contributed by atoms with Crippen LogP contribution in [0.2, 0.25) is 0 Å². The normalized spacial score (nSPS) is 12.3. The fourth-order valence-electron chi connectivity index (χ4n) is 1.85. The summed E-state index contributed by atoms with van der Waals surface area (Å²) < 4.78 is 6.75. The molecule has 0 aliphatic carbocycles. The Hall–Kier alpha value is -1.32. The maximum absolute atomic E-state index is 9.59. The minimum atomic E-state index is -0.496. The van der Waals surface area contributed by atoms with Crippen molar-refractivity contribution in [1.29, 1.82) is 0 Å². The molecule has 0 radical (unpaired) electrons. The van der Waals surface area contributed by atoms with E-state index in [1.165, 1.54) is 5.56 Å². The largest absolute Gasteiger partial charge is 0.457 e. The SMILES string of the molecule is Cc1ccc(C)c(Oc2ccc(C(C)O)c(Br)c2)c1. The smallest absolute Gasteiger partial charge is 0.130 e. The number of ether oxygens (including phenoxy) is 1. The van der Waals surface area contributed by atoms with Gasteiger partial charge in [-0.2, -0.15) is 0 Å². The van der Waals surface area contributed by atoms with Crippen LogP contribution in [0.1, 0.15) is 29.7 Å². The third kappa shape index (κ3) is 3.37. The van der Waals surface area contributed by atoms with Crippen LogP contribution in [0, 0.1) is 13.8 Å². The van der Waals surface area contributed by atoms with Gasteiger partial charge >= 0.3 is 0 Å². The molecule has 0 aromatic heterocycles. The van der Waals surface area contributed by atoms with Crippen LogP contribution >= 0.6 is 15.9 Å². The lowest BCUT2D eigenvalue weighted by Crippen LogP contribution is -1.94. The molecule has 0 heterocycles. The van der Waals surface area contributed by atoms with Crippen LogP contribution in [0.15, 0.2) is 40.9 Å². The number of halogens is 1. The van der Waals surface area contributed by atoms with Gasteiger partial charge in [0.05, 0.1) is 6.10 Å². The summed E-state index contributed by atoms with van der Waals surface area (Å²) in [6.45, 7) is 5.80. The van der Waals surface area contributed by atoms with Crippen LogP contribution in [0.4, 0.5) is 0 Å². The van der Waals surface area contributed by atoms with Gasteiger partial charge in [-0.1, -0.05) is 34.1 Å². The van der Waals surface area contributed by atoms with Crippen molar-refractivity contribution in [1.82, 2.24) is 0 Å². The lowest BCUT2D eigenvalue weighted by atomic mass is 10.1. The summed E-state index contributed by atoms with van der Waals surface area (Å²) in [4.78, 5) is 0. The van der Waals surface area contributed by atoms with Crippen LogP contribution in [0.3, 0.4) is 0 Å². The molecule has 0 bridgehead atoms. The average molecular weight is 321 g/mol. The number of hydrogen-bond donors (Lipinski definition) is 1. The summed E-state index contributed by atoms with van der Waals surface area (Å²) in [5.74, 6) is 1.61. The molecule has 0 saturated heterocycles. The fourth-order valence-corrected chi connectivity index (χ4v) is 2.54. The van der Waals surface area contributed by atoms with Crippen LogP contribution in [-0.2, 0) is 0 Å². The molecule has 3 heteroatoms. The zero-order valence-electron chi connectivity index (χ0n) is 11.3. The number of aryl methyl sites for hydroxylation is 2. The average Bonchev–Trinajstić information content (AvgIpc) is 2.33. The summed E-state index contributed by atoms with van der Waals surface area (Å²) in [7, 11) is 0. The van der Waals surface area contributed by atoms with Gasteiger partial charge in [-0.25, -0.2) is 0 Å². The predicted octanol–water partition coefficient (Wildman–Crippen LogP) is 4.91. The summed E-state index contributed by atoms with van der Waals surface area (Å²) in [5.41, 5.74) is 3.12. The highest BCUT2D eigenvalue weighted by Crippen LogP contribution is 2.31. The summed E-state index contributed by atoms with van der Waals surface area (Å²) in [5, 5.41) is 9.59. The van der Waals surface area contributed by atoms with Crippen molar-refractivity contribution in [3.63, 3.8) is 0 Å². The van der Waals surface area contributed by atoms with Crippen LogP contribution < -0.4 is 4.74 Å². The van der Waals surface area contributed by atoms with Gasteiger partial charge in [-0.15, -0.1) is 0 Å². The molecule has 0 fully saturated rings. The van der Waals surface area contributed by atoms with E-state index < -0.39 is 6.10 Å². The number of aliphatic hydroxyl groups excluding tert-OH is 1. The van der Waals surface area contributed by atoms with Gasteiger partial charge in [-0.05, 0) is 55.7 Å². The second kappa shape index (κ2) is 5.76. The second-order valence-corrected chi connectivity index (χ2v) is 5.58. The fraction of sp³-hybridized carbons (Fsp3) is 0.250. The standard InChI is InChI=1S/C16H17BrO2/c1-10-4-5-11(2)16(8-10)19-13-6-7-14(12(3)18)15(17)9-13/h4-9,12,18H,1-3H3. The van der Waals surface area contributed by atoms with E-state index in [9.17, 15) is 5.11 Å². The van der Waals surface area contributed by atoms with Gasteiger partial charge in [0, 0.05) is 4.47 Å². The van der Waals surface area contributed by atoms with Crippen LogP contribution in [0.25, 0.3) is 0 Å². The molecule has 2 aromatic rings.